The third-order valence-electron chi connectivity index (χ3n) is 5.24. The molecule has 0 aliphatic rings. The monoisotopic (exact) mass is 360 g/mol. The zero-order chi connectivity index (χ0) is 18.7. The molecule has 0 amide bonds. The lowest BCUT2D eigenvalue weighted by molar-refractivity contribution is 0.0221. The fraction of sp³-hybridized carbons (Fsp3) is 0.636. The van der Waals surface area contributed by atoms with E-state index in [9.17, 15) is 0 Å². The van der Waals surface area contributed by atoms with E-state index in [1.807, 2.05) is 13.0 Å². The number of hydrogen-bond donors (Lipinski definition) is 0. The van der Waals surface area contributed by atoms with E-state index in [0.717, 1.165) is 0 Å². The van der Waals surface area contributed by atoms with E-state index >= 15 is 0 Å². The summed E-state index contributed by atoms with van der Waals surface area (Å²) in [4.78, 5) is 0. The van der Waals surface area contributed by atoms with E-state index < -0.39 is 8.32 Å². The highest BCUT2D eigenvalue weighted by molar-refractivity contribution is 6.73. The van der Waals surface area contributed by atoms with E-state index in [4.69, 9.17) is 9.16 Å². The predicted molar refractivity (Wildman–Crippen MR) is 110 cm³/mol. The SMILES string of the molecule is CC#C[C@H](C)[C@@H](O[Si](CC)(CC)CC)[C@@H](C)COCc1ccccc1. The molecule has 0 radical (unpaired) electrons. The van der Waals surface area contributed by atoms with Gasteiger partial charge in [-0.1, -0.05) is 63.9 Å². The molecule has 0 fully saturated rings. The Hall–Kier alpha value is -1.08. The molecule has 1 rings (SSSR count). The van der Waals surface area contributed by atoms with Crippen LogP contribution in [0.1, 0.15) is 47.1 Å². The Morgan fingerprint density at radius 1 is 1.00 bits per heavy atom. The lowest BCUT2D eigenvalue weighted by atomic mass is 9.94. The molecule has 25 heavy (non-hydrogen) atoms. The first-order valence-corrected chi connectivity index (χ1v) is 12.3. The Morgan fingerprint density at radius 3 is 2.12 bits per heavy atom. The molecule has 3 heteroatoms. The maximum Gasteiger partial charge on any atom is 0.192 e. The molecule has 2 nitrogen and oxygen atoms in total. The van der Waals surface area contributed by atoms with E-state index in [1.165, 1.54) is 23.7 Å². The van der Waals surface area contributed by atoms with Crippen LogP contribution in [0, 0.1) is 23.7 Å². The second kappa shape index (κ2) is 11.5. The Morgan fingerprint density at radius 2 is 1.60 bits per heavy atom. The number of ether oxygens (including phenoxy) is 1. The summed E-state index contributed by atoms with van der Waals surface area (Å²) in [5, 5.41) is 0. The van der Waals surface area contributed by atoms with Gasteiger partial charge in [-0.3, -0.25) is 0 Å². The Balaban J connectivity index is 2.74. The van der Waals surface area contributed by atoms with Crippen molar-refractivity contribution in [1.82, 2.24) is 0 Å². The van der Waals surface area contributed by atoms with Crippen LogP contribution in [-0.4, -0.2) is 21.0 Å². The van der Waals surface area contributed by atoms with Gasteiger partial charge in [0, 0.05) is 11.8 Å². The highest BCUT2D eigenvalue weighted by atomic mass is 28.4. The van der Waals surface area contributed by atoms with Gasteiger partial charge in [0.1, 0.15) is 0 Å². The number of rotatable bonds is 11. The van der Waals surface area contributed by atoms with Gasteiger partial charge in [0.05, 0.1) is 19.3 Å². The normalized spacial score (nSPS) is 15.1. The number of benzene rings is 1. The second-order valence-electron chi connectivity index (χ2n) is 6.99. The Labute approximate surface area is 156 Å². The third kappa shape index (κ3) is 6.97. The van der Waals surface area contributed by atoms with Gasteiger partial charge < -0.3 is 9.16 Å². The first-order valence-electron chi connectivity index (χ1n) is 9.73. The van der Waals surface area contributed by atoms with Crippen molar-refractivity contribution < 1.29 is 9.16 Å². The minimum absolute atomic E-state index is 0.148. The molecule has 140 valence electrons. The fourth-order valence-corrected chi connectivity index (χ4v) is 6.36. The maximum atomic E-state index is 6.82. The molecule has 1 aromatic carbocycles. The molecule has 0 aromatic heterocycles. The average Bonchev–Trinajstić information content (AvgIpc) is 2.64. The van der Waals surface area contributed by atoms with Crippen molar-refractivity contribution in [1.29, 1.82) is 0 Å². The van der Waals surface area contributed by atoms with Crippen LogP contribution in [0.4, 0.5) is 0 Å². The molecule has 0 heterocycles. The van der Waals surface area contributed by atoms with Crippen LogP contribution >= 0.6 is 0 Å². The minimum atomic E-state index is -1.66. The minimum Gasteiger partial charge on any atom is -0.412 e. The quantitative estimate of drug-likeness (QED) is 0.362. The zero-order valence-corrected chi connectivity index (χ0v) is 18.0. The third-order valence-corrected chi connectivity index (χ3v) is 9.88. The van der Waals surface area contributed by atoms with Gasteiger partial charge in [0.15, 0.2) is 8.32 Å². The van der Waals surface area contributed by atoms with Gasteiger partial charge >= 0.3 is 0 Å². The van der Waals surface area contributed by atoms with Crippen LogP contribution in [0.15, 0.2) is 30.3 Å². The van der Waals surface area contributed by atoms with Crippen LogP contribution in [0.2, 0.25) is 18.1 Å². The predicted octanol–water partition coefficient (Wildman–Crippen LogP) is 5.89. The molecule has 0 bridgehead atoms. The average molecular weight is 361 g/mol. The number of hydrogen-bond acceptors (Lipinski definition) is 2. The molecule has 0 aliphatic heterocycles. The standard InChI is InChI=1S/C22H36O2Si/c1-7-14-19(5)22(24-25(8-2,9-3)10-4)20(6)17-23-18-21-15-12-11-13-16-21/h11-13,15-16,19-20,22H,8-10,17-18H2,1-6H3/t19-,20-,22+/m0/s1. The summed E-state index contributed by atoms with van der Waals surface area (Å²) >= 11 is 0. The van der Waals surface area contributed by atoms with Gasteiger partial charge in [-0.25, -0.2) is 0 Å². The van der Waals surface area contributed by atoms with Crippen molar-refractivity contribution >= 4 is 8.32 Å². The van der Waals surface area contributed by atoms with Gasteiger partial charge in [-0.2, -0.15) is 0 Å². The zero-order valence-electron chi connectivity index (χ0n) is 17.0. The summed E-state index contributed by atoms with van der Waals surface area (Å²) in [7, 11) is -1.66. The smallest absolute Gasteiger partial charge is 0.192 e. The van der Waals surface area contributed by atoms with Crippen molar-refractivity contribution in [2.45, 2.75) is 72.4 Å². The van der Waals surface area contributed by atoms with Crippen molar-refractivity contribution in [3.63, 3.8) is 0 Å². The topological polar surface area (TPSA) is 18.5 Å². The second-order valence-corrected chi connectivity index (χ2v) is 11.7. The molecule has 0 saturated carbocycles. The van der Waals surface area contributed by atoms with Gasteiger partial charge in [0.25, 0.3) is 0 Å². The lowest BCUT2D eigenvalue weighted by Gasteiger charge is -2.37. The van der Waals surface area contributed by atoms with Crippen LogP contribution in [0.5, 0.6) is 0 Å². The van der Waals surface area contributed by atoms with E-state index in [2.05, 4.69) is 70.7 Å². The van der Waals surface area contributed by atoms with Crippen LogP contribution in [0.25, 0.3) is 0 Å². The Bertz CT molecular complexity index is 520. The summed E-state index contributed by atoms with van der Waals surface area (Å²) in [6.07, 6.45) is 0.148. The van der Waals surface area contributed by atoms with E-state index in [1.54, 1.807) is 0 Å². The van der Waals surface area contributed by atoms with E-state index in [0.29, 0.717) is 19.1 Å². The summed E-state index contributed by atoms with van der Waals surface area (Å²) in [6.45, 7) is 14.5. The molecular weight excluding hydrogens is 324 g/mol. The highest BCUT2D eigenvalue weighted by Gasteiger charge is 2.35. The fourth-order valence-electron chi connectivity index (χ4n) is 3.34. The lowest BCUT2D eigenvalue weighted by Crippen LogP contribution is -2.45. The summed E-state index contributed by atoms with van der Waals surface area (Å²) in [5.41, 5.74) is 1.22. The van der Waals surface area contributed by atoms with E-state index in [-0.39, 0.29) is 12.0 Å². The van der Waals surface area contributed by atoms with Gasteiger partial charge in [-0.05, 0) is 37.5 Å². The first kappa shape index (κ1) is 22.0. The summed E-state index contributed by atoms with van der Waals surface area (Å²) in [5.74, 6) is 6.95. The first-order chi connectivity index (χ1) is 12.0. The summed E-state index contributed by atoms with van der Waals surface area (Å²) in [6, 6.07) is 13.8. The molecule has 1 aromatic rings. The van der Waals surface area contributed by atoms with Crippen LogP contribution in [0.3, 0.4) is 0 Å². The molecule has 0 aliphatic carbocycles. The Kier molecular flexibility index (Phi) is 10.1. The molecule has 0 N–H and O–H groups in total. The largest absolute Gasteiger partial charge is 0.412 e. The molecule has 3 atom stereocenters. The van der Waals surface area contributed by atoms with Crippen LogP contribution in [-0.2, 0) is 15.8 Å². The maximum absolute atomic E-state index is 6.82. The molecular formula is C22H36O2Si. The summed E-state index contributed by atoms with van der Waals surface area (Å²) < 4.78 is 12.8. The van der Waals surface area contributed by atoms with Crippen LogP contribution < -0.4 is 0 Å². The van der Waals surface area contributed by atoms with Gasteiger partial charge in [0.2, 0.25) is 0 Å². The van der Waals surface area contributed by atoms with Crippen molar-refractivity contribution in [3.8, 4) is 11.8 Å². The van der Waals surface area contributed by atoms with Crippen molar-refractivity contribution in [2.75, 3.05) is 6.61 Å². The van der Waals surface area contributed by atoms with Crippen molar-refractivity contribution in [3.05, 3.63) is 35.9 Å². The highest BCUT2D eigenvalue weighted by Crippen LogP contribution is 2.29. The molecule has 0 saturated heterocycles. The molecule has 0 spiro atoms. The van der Waals surface area contributed by atoms with Gasteiger partial charge in [-0.15, -0.1) is 5.92 Å². The molecule has 0 unspecified atom stereocenters. The van der Waals surface area contributed by atoms with Crippen molar-refractivity contribution in [2.24, 2.45) is 11.8 Å².